The Balaban J connectivity index is 1.69. The van der Waals surface area contributed by atoms with E-state index in [1.54, 1.807) is 19.3 Å². The molecule has 1 unspecified atom stereocenters. The summed E-state index contributed by atoms with van der Waals surface area (Å²) in [6.45, 7) is 1.73. The maximum absolute atomic E-state index is 10.8. The van der Waals surface area contributed by atoms with Gasteiger partial charge in [-0.1, -0.05) is 18.2 Å². The van der Waals surface area contributed by atoms with Crippen molar-refractivity contribution in [1.82, 2.24) is 25.3 Å². The molecule has 1 amide bonds. The molecule has 0 saturated heterocycles. The molecule has 1 atom stereocenters. The third-order valence-corrected chi connectivity index (χ3v) is 4.29. The number of aromatic nitrogens is 4. The Labute approximate surface area is 155 Å². The van der Waals surface area contributed by atoms with Crippen molar-refractivity contribution in [3.63, 3.8) is 0 Å². The molecular formula is C20H17N5O2. The molecule has 0 saturated carbocycles. The van der Waals surface area contributed by atoms with E-state index in [-0.39, 0.29) is 0 Å². The standard InChI is InChI=1S/C20H17N5O2/c1-12(22-20(26)27)18-24-17-6-5-16(23-19(17)25-18)15-4-2-3-14(11-15)13-7-9-21-10-8-13/h2-12,22H,1H3,(H,26,27)(H,23,24,25). The molecule has 0 spiro atoms. The first-order chi connectivity index (χ1) is 13.1. The van der Waals surface area contributed by atoms with Crippen molar-refractivity contribution < 1.29 is 9.90 Å². The number of pyridine rings is 2. The largest absolute Gasteiger partial charge is 0.465 e. The van der Waals surface area contributed by atoms with Crippen LogP contribution in [0.3, 0.4) is 0 Å². The van der Waals surface area contributed by atoms with Crippen molar-refractivity contribution in [2.24, 2.45) is 0 Å². The molecule has 3 N–H and O–H groups in total. The van der Waals surface area contributed by atoms with E-state index < -0.39 is 12.1 Å². The number of nitrogens with zero attached hydrogens (tertiary/aromatic N) is 3. The van der Waals surface area contributed by atoms with Crippen LogP contribution in [0.2, 0.25) is 0 Å². The summed E-state index contributed by atoms with van der Waals surface area (Å²) < 4.78 is 0. The SMILES string of the molecule is CC(NC(=O)O)c1nc2nc(-c3cccc(-c4ccncc4)c3)ccc2[nH]1. The van der Waals surface area contributed by atoms with Crippen LogP contribution in [0.5, 0.6) is 0 Å². The maximum atomic E-state index is 10.8. The Morgan fingerprint density at radius 2 is 1.81 bits per heavy atom. The van der Waals surface area contributed by atoms with E-state index in [0.717, 1.165) is 27.9 Å². The fraction of sp³-hybridized carbons (Fsp3) is 0.100. The number of carboxylic acid groups (broad SMARTS) is 1. The minimum atomic E-state index is -1.09. The van der Waals surface area contributed by atoms with Gasteiger partial charge in [0.1, 0.15) is 5.82 Å². The lowest BCUT2D eigenvalue weighted by Crippen LogP contribution is -2.25. The first kappa shape index (κ1) is 16.7. The third kappa shape index (κ3) is 3.48. The predicted molar refractivity (Wildman–Crippen MR) is 102 cm³/mol. The second-order valence-corrected chi connectivity index (χ2v) is 6.18. The van der Waals surface area contributed by atoms with Crippen LogP contribution < -0.4 is 5.32 Å². The summed E-state index contributed by atoms with van der Waals surface area (Å²) in [6, 6.07) is 15.4. The Kier molecular flexibility index (Phi) is 4.25. The summed E-state index contributed by atoms with van der Waals surface area (Å²) >= 11 is 0. The molecule has 0 bridgehead atoms. The fourth-order valence-electron chi connectivity index (χ4n) is 2.93. The van der Waals surface area contributed by atoms with Crippen molar-refractivity contribution in [2.45, 2.75) is 13.0 Å². The lowest BCUT2D eigenvalue weighted by atomic mass is 10.0. The van der Waals surface area contributed by atoms with Crippen LogP contribution in [-0.2, 0) is 0 Å². The Hall–Kier alpha value is -3.74. The molecule has 7 heteroatoms. The van der Waals surface area contributed by atoms with Crippen LogP contribution in [0.25, 0.3) is 33.5 Å². The van der Waals surface area contributed by atoms with Gasteiger partial charge in [-0.15, -0.1) is 0 Å². The number of rotatable bonds is 4. The van der Waals surface area contributed by atoms with Gasteiger partial charge in [-0.05, 0) is 48.4 Å². The van der Waals surface area contributed by atoms with Gasteiger partial charge in [-0.2, -0.15) is 0 Å². The highest BCUT2D eigenvalue weighted by Crippen LogP contribution is 2.26. The van der Waals surface area contributed by atoms with E-state index in [1.807, 2.05) is 42.5 Å². The second-order valence-electron chi connectivity index (χ2n) is 6.18. The average molecular weight is 359 g/mol. The lowest BCUT2D eigenvalue weighted by molar-refractivity contribution is 0.190. The highest BCUT2D eigenvalue weighted by molar-refractivity contribution is 5.77. The predicted octanol–water partition coefficient (Wildman–Crippen LogP) is 4.02. The smallest absolute Gasteiger partial charge is 0.405 e. The molecule has 0 fully saturated rings. The van der Waals surface area contributed by atoms with E-state index in [2.05, 4.69) is 31.3 Å². The molecule has 134 valence electrons. The number of aromatic amines is 1. The van der Waals surface area contributed by atoms with Crippen LogP contribution in [0.1, 0.15) is 18.8 Å². The summed E-state index contributed by atoms with van der Waals surface area (Å²) in [4.78, 5) is 27.0. The van der Waals surface area contributed by atoms with Gasteiger partial charge < -0.3 is 15.4 Å². The van der Waals surface area contributed by atoms with Crippen molar-refractivity contribution in [3.8, 4) is 22.4 Å². The van der Waals surface area contributed by atoms with Crippen LogP contribution in [-0.4, -0.2) is 31.1 Å². The quantitative estimate of drug-likeness (QED) is 0.511. The lowest BCUT2D eigenvalue weighted by Gasteiger charge is -2.06. The van der Waals surface area contributed by atoms with E-state index in [0.29, 0.717) is 11.5 Å². The molecule has 0 aliphatic heterocycles. The van der Waals surface area contributed by atoms with Crippen LogP contribution in [0.4, 0.5) is 4.79 Å². The molecule has 4 aromatic rings. The number of carbonyl (C=O) groups is 1. The molecule has 7 nitrogen and oxygen atoms in total. The highest BCUT2D eigenvalue weighted by atomic mass is 16.4. The van der Waals surface area contributed by atoms with Crippen LogP contribution in [0.15, 0.2) is 60.9 Å². The summed E-state index contributed by atoms with van der Waals surface area (Å²) in [5.41, 5.74) is 5.26. The van der Waals surface area contributed by atoms with E-state index in [1.165, 1.54) is 0 Å². The molecule has 3 heterocycles. The molecule has 0 aliphatic carbocycles. The Bertz CT molecular complexity index is 1110. The first-order valence-electron chi connectivity index (χ1n) is 8.47. The van der Waals surface area contributed by atoms with E-state index in [4.69, 9.17) is 5.11 Å². The molecule has 4 rings (SSSR count). The van der Waals surface area contributed by atoms with Gasteiger partial charge in [-0.25, -0.2) is 14.8 Å². The number of imidazole rings is 1. The third-order valence-electron chi connectivity index (χ3n) is 4.29. The average Bonchev–Trinajstić information content (AvgIpc) is 3.12. The number of hydrogen-bond donors (Lipinski definition) is 3. The summed E-state index contributed by atoms with van der Waals surface area (Å²) in [5, 5.41) is 11.2. The minimum absolute atomic E-state index is 0.449. The summed E-state index contributed by atoms with van der Waals surface area (Å²) in [6.07, 6.45) is 2.44. The molecule has 3 aromatic heterocycles. The van der Waals surface area contributed by atoms with Gasteiger partial charge in [0.25, 0.3) is 0 Å². The maximum Gasteiger partial charge on any atom is 0.405 e. The van der Waals surface area contributed by atoms with Gasteiger partial charge in [0.05, 0.1) is 17.3 Å². The molecule has 0 aliphatic rings. The van der Waals surface area contributed by atoms with Crippen molar-refractivity contribution in [3.05, 3.63) is 66.7 Å². The topological polar surface area (TPSA) is 104 Å². The molecule has 0 radical (unpaired) electrons. The Morgan fingerprint density at radius 1 is 1.04 bits per heavy atom. The van der Waals surface area contributed by atoms with Crippen LogP contribution in [0, 0.1) is 0 Å². The number of nitrogens with one attached hydrogen (secondary N) is 2. The first-order valence-corrected chi connectivity index (χ1v) is 8.47. The number of benzene rings is 1. The normalized spacial score (nSPS) is 12.0. The van der Waals surface area contributed by atoms with Gasteiger partial charge in [-0.3, -0.25) is 4.98 Å². The monoisotopic (exact) mass is 359 g/mol. The zero-order valence-corrected chi connectivity index (χ0v) is 14.5. The minimum Gasteiger partial charge on any atom is -0.465 e. The second kappa shape index (κ2) is 6.87. The zero-order valence-electron chi connectivity index (χ0n) is 14.5. The van der Waals surface area contributed by atoms with Gasteiger partial charge in [0.2, 0.25) is 0 Å². The number of hydrogen-bond acceptors (Lipinski definition) is 4. The fourth-order valence-corrected chi connectivity index (χ4v) is 2.93. The summed E-state index contributed by atoms with van der Waals surface area (Å²) in [5.74, 6) is 0.530. The number of amides is 1. The van der Waals surface area contributed by atoms with E-state index >= 15 is 0 Å². The Morgan fingerprint density at radius 3 is 2.59 bits per heavy atom. The van der Waals surface area contributed by atoms with Gasteiger partial charge >= 0.3 is 6.09 Å². The van der Waals surface area contributed by atoms with Gasteiger partial charge in [0, 0.05) is 18.0 Å². The zero-order chi connectivity index (χ0) is 18.8. The number of H-pyrrole nitrogens is 1. The van der Waals surface area contributed by atoms with Crippen molar-refractivity contribution >= 4 is 17.3 Å². The number of fused-ring (bicyclic) bond motifs is 1. The summed E-state index contributed by atoms with van der Waals surface area (Å²) in [7, 11) is 0. The van der Waals surface area contributed by atoms with Gasteiger partial charge in [0.15, 0.2) is 5.65 Å². The van der Waals surface area contributed by atoms with Crippen molar-refractivity contribution in [1.29, 1.82) is 0 Å². The molecule has 1 aromatic carbocycles. The van der Waals surface area contributed by atoms with Crippen LogP contribution >= 0.6 is 0 Å². The van der Waals surface area contributed by atoms with E-state index in [9.17, 15) is 4.79 Å². The highest BCUT2D eigenvalue weighted by Gasteiger charge is 2.14. The molecule has 27 heavy (non-hydrogen) atoms. The van der Waals surface area contributed by atoms with Crippen molar-refractivity contribution in [2.75, 3.05) is 0 Å². The molecular weight excluding hydrogens is 342 g/mol.